The van der Waals surface area contributed by atoms with Gasteiger partial charge in [0.15, 0.2) is 0 Å². The van der Waals surface area contributed by atoms with Crippen LogP contribution in [-0.2, 0) is 16.6 Å². The van der Waals surface area contributed by atoms with Crippen molar-refractivity contribution in [3.8, 4) is 0 Å². The molecule has 0 radical (unpaired) electrons. The fourth-order valence-electron chi connectivity index (χ4n) is 1.30. The van der Waals surface area contributed by atoms with Crippen LogP contribution >= 0.6 is 27.3 Å². The lowest BCUT2D eigenvalue weighted by Crippen LogP contribution is -2.23. The maximum absolute atomic E-state index is 13.3. The van der Waals surface area contributed by atoms with Crippen molar-refractivity contribution in [1.82, 2.24) is 9.71 Å². The van der Waals surface area contributed by atoms with E-state index in [1.165, 1.54) is 17.5 Å². The van der Waals surface area contributed by atoms with Gasteiger partial charge in [-0.2, -0.15) is 0 Å². The topological polar surface area (TPSA) is 79.0 Å². The Morgan fingerprint density at radius 2 is 2.16 bits per heavy atom. The van der Waals surface area contributed by atoms with Gasteiger partial charge in [-0.05, 0) is 34.1 Å². The summed E-state index contributed by atoms with van der Waals surface area (Å²) >= 11 is 3.89. The van der Waals surface area contributed by atoms with E-state index >= 15 is 0 Å². The first-order valence-corrected chi connectivity index (χ1v) is 8.15. The number of H-pyrrole nitrogens is 1. The first kappa shape index (κ1) is 14.4. The summed E-state index contributed by atoms with van der Waals surface area (Å²) in [5.41, 5.74) is 0.455. The largest absolute Gasteiger partial charge is 0.315 e. The molecule has 2 aromatic rings. The Bertz CT molecular complexity index is 754. The van der Waals surface area contributed by atoms with Gasteiger partial charge in [0.05, 0.1) is 15.9 Å². The number of aromatic nitrogens is 1. The van der Waals surface area contributed by atoms with Crippen LogP contribution in [0.25, 0.3) is 0 Å². The third kappa shape index (κ3) is 3.50. The van der Waals surface area contributed by atoms with Crippen LogP contribution in [0.3, 0.4) is 0 Å². The van der Waals surface area contributed by atoms with E-state index in [0.29, 0.717) is 5.69 Å². The number of aromatic amines is 1. The molecule has 102 valence electrons. The summed E-state index contributed by atoms with van der Waals surface area (Å²) in [5, 5.41) is 1.52. The second-order valence-corrected chi connectivity index (χ2v) is 7.04. The lowest BCUT2D eigenvalue weighted by atomic mass is 10.3. The molecule has 0 aliphatic carbocycles. The highest BCUT2D eigenvalue weighted by Crippen LogP contribution is 2.19. The van der Waals surface area contributed by atoms with Crippen LogP contribution < -0.4 is 9.60 Å². The van der Waals surface area contributed by atoms with E-state index in [1.807, 2.05) is 0 Å². The van der Waals surface area contributed by atoms with Crippen molar-refractivity contribution in [3.05, 3.63) is 49.2 Å². The second-order valence-electron chi connectivity index (χ2n) is 3.57. The van der Waals surface area contributed by atoms with Crippen molar-refractivity contribution < 1.29 is 12.8 Å². The number of benzene rings is 1. The predicted octanol–water partition coefficient (Wildman–Crippen LogP) is 1.82. The minimum atomic E-state index is -3.82. The summed E-state index contributed by atoms with van der Waals surface area (Å²) in [6.45, 7) is -0.0568. The SMILES string of the molecule is O=c1[nH]c(CNS(=O)(=O)c2ccc(Br)c(F)c2)cs1. The van der Waals surface area contributed by atoms with Crippen LogP contribution in [-0.4, -0.2) is 13.4 Å². The van der Waals surface area contributed by atoms with Crippen molar-refractivity contribution >= 4 is 37.3 Å². The molecule has 19 heavy (non-hydrogen) atoms. The fraction of sp³-hybridized carbons (Fsp3) is 0.100. The van der Waals surface area contributed by atoms with E-state index in [-0.39, 0.29) is 20.8 Å². The van der Waals surface area contributed by atoms with Crippen molar-refractivity contribution in [2.75, 3.05) is 0 Å². The molecule has 0 aliphatic rings. The minimum absolute atomic E-state index is 0.0568. The van der Waals surface area contributed by atoms with E-state index < -0.39 is 15.8 Å². The molecule has 1 heterocycles. The smallest absolute Gasteiger partial charge is 0.304 e. The molecular weight excluding hydrogens is 359 g/mol. The highest BCUT2D eigenvalue weighted by Gasteiger charge is 2.15. The average Bonchev–Trinajstić information content (AvgIpc) is 2.76. The Morgan fingerprint density at radius 1 is 1.42 bits per heavy atom. The van der Waals surface area contributed by atoms with E-state index in [0.717, 1.165) is 17.4 Å². The normalized spacial score (nSPS) is 11.7. The van der Waals surface area contributed by atoms with E-state index in [1.54, 1.807) is 0 Å². The Hall–Kier alpha value is -1.03. The van der Waals surface area contributed by atoms with E-state index in [2.05, 4.69) is 25.6 Å². The van der Waals surface area contributed by atoms with E-state index in [4.69, 9.17) is 0 Å². The molecule has 0 atom stereocenters. The molecule has 0 saturated carbocycles. The number of sulfonamides is 1. The molecule has 2 N–H and O–H groups in total. The van der Waals surface area contributed by atoms with Crippen LogP contribution in [0.5, 0.6) is 0 Å². The third-order valence-electron chi connectivity index (χ3n) is 2.22. The maximum Gasteiger partial charge on any atom is 0.304 e. The standard InChI is InChI=1S/C10H8BrFN2O3S2/c11-8-2-1-7(3-9(8)12)19(16,17)13-4-6-5-18-10(15)14-6/h1-3,5,13H,4H2,(H,14,15). The van der Waals surface area contributed by atoms with Crippen molar-refractivity contribution in [1.29, 1.82) is 0 Å². The van der Waals surface area contributed by atoms with Gasteiger partial charge in [0.25, 0.3) is 0 Å². The number of halogens is 2. The molecule has 0 fully saturated rings. The summed E-state index contributed by atoms with van der Waals surface area (Å²) in [4.78, 5) is 12.9. The average molecular weight is 367 g/mol. The summed E-state index contributed by atoms with van der Waals surface area (Å²) in [6, 6.07) is 3.52. The quantitative estimate of drug-likeness (QED) is 0.865. The zero-order valence-electron chi connectivity index (χ0n) is 9.31. The number of nitrogens with one attached hydrogen (secondary N) is 2. The van der Waals surface area contributed by atoms with Gasteiger partial charge in [-0.15, -0.1) is 0 Å². The number of hydrogen-bond donors (Lipinski definition) is 2. The minimum Gasteiger partial charge on any atom is -0.315 e. The highest BCUT2D eigenvalue weighted by molar-refractivity contribution is 9.10. The zero-order valence-corrected chi connectivity index (χ0v) is 12.5. The van der Waals surface area contributed by atoms with Crippen molar-refractivity contribution in [2.24, 2.45) is 0 Å². The van der Waals surface area contributed by atoms with E-state index in [9.17, 15) is 17.6 Å². The number of thiazole rings is 1. The fourth-order valence-corrected chi connectivity index (χ4v) is 3.15. The number of rotatable bonds is 4. The Morgan fingerprint density at radius 3 is 2.74 bits per heavy atom. The van der Waals surface area contributed by atoms with Crippen molar-refractivity contribution in [3.63, 3.8) is 0 Å². The van der Waals surface area contributed by atoms with Gasteiger partial charge in [-0.1, -0.05) is 11.3 Å². The molecule has 1 aromatic carbocycles. The van der Waals surface area contributed by atoms with Gasteiger partial charge in [0.1, 0.15) is 5.82 Å². The predicted molar refractivity (Wildman–Crippen MR) is 73.1 cm³/mol. The molecule has 0 unspecified atom stereocenters. The van der Waals surface area contributed by atoms with Gasteiger partial charge in [0.2, 0.25) is 10.0 Å². The molecular formula is C10H8BrFN2O3S2. The molecule has 0 bridgehead atoms. The lowest BCUT2D eigenvalue weighted by molar-refractivity contribution is 0.576. The van der Waals surface area contributed by atoms with Crippen LogP contribution in [0, 0.1) is 5.82 Å². The van der Waals surface area contributed by atoms with Crippen LogP contribution in [0.2, 0.25) is 0 Å². The summed E-state index contributed by atoms with van der Waals surface area (Å²) in [7, 11) is -3.82. The summed E-state index contributed by atoms with van der Waals surface area (Å²) < 4.78 is 39.5. The van der Waals surface area contributed by atoms with Gasteiger partial charge >= 0.3 is 4.87 Å². The third-order valence-corrected chi connectivity index (χ3v) is 4.99. The van der Waals surface area contributed by atoms with Crippen LogP contribution in [0.1, 0.15) is 5.69 Å². The number of hydrogen-bond acceptors (Lipinski definition) is 4. The Kier molecular flexibility index (Phi) is 4.19. The van der Waals surface area contributed by atoms with Crippen LogP contribution in [0.15, 0.2) is 37.7 Å². The van der Waals surface area contributed by atoms with Gasteiger partial charge < -0.3 is 4.98 Å². The molecule has 0 amide bonds. The lowest BCUT2D eigenvalue weighted by Gasteiger charge is -2.06. The second kappa shape index (κ2) is 5.53. The van der Waals surface area contributed by atoms with Gasteiger partial charge in [0, 0.05) is 11.1 Å². The van der Waals surface area contributed by atoms with Gasteiger partial charge in [-0.25, -0.2) is 17.5 Å². The highest BCUT2D eigenvalue weighted by atomic mass is 79.9. The molecule has 1 aromatic heterocycles. The molecule has 9 heteroatoms. The molecule has 0 aliphatic heterocycles. The van der Waals surface area contributed by atoms with Crippen LogP contribution in [0.4, 0.5) is 4.39 Å². The first-order chi connectivity index (χ1) is 8.88. The Balaban J connectivity index is 2.18. The summed E-state index contributed by atoms with van der Waals surface area (Å²) in [6.07, 6.45) is 0. The monoisotopic (exact) mass is 366 g/mol. The zero-order chi connectivity index (χ0) is 14.0. The molecule has 0 spiro atoms. The molecule has 0 saturated heterocycles. The maximum atomic E-state index is 13.3. The summed E-state index contributed by atoms with van der Waals surface area (Å²) in [5.74, 6) is -0.660. The molecule has 2 rings (SSSR count). The van der Waals surface area contributed by atoms with Crippen molar-refractivity contribution in [2.45, 2.75) is 11.4 Å². The molecule has 5 nitrogen and oxygen atoms in total. The van der Waals surface area contributed by atoms with Gasteiger partial charge in [-0.3, -0.25) is 4.79 Å². The Labute approximate surface area is 120 Å². The first-order valence-electron chi connectivity index (χ1n) is 5.00.